The summed E-state index contributed by atoms with van der Waals surface area (Å²) in [6, 6.07) is 7.70. The molecule has 0 atom stereocenters. The smallest absolute Gasteiger partial charge is 0.245 e. The van der Waals surface area contributed by atoms with E-state index in [9.17, 15) is 14.0 Å². The molecule has 1 aromatic carbocycles. The Labute approximate surface area is 151 Å². The van der Waals surface area contributed by atoms with E-state index in [1.165, 1.54) is 17.0 Å². The normalized spacial score (nSPS) is 15.7. The first-order valence-corrected chi connectivity index (χ1v) is 8.65. The number of hydrogen-bond acceptors (Lipinski definition) is 4. The van der Waals surface area contributed by atoms with Crippen LogP contribution in [0.15, 0.2) is 34.9 Å². The second-order valence-corrected chi connectivity index (χ2v) is 6.83. The Morgan fingerprint density at radius 2 is 1.92 bits per heavy atom. The number of rotatable bonds is 5. The van der Waals surface area contributed by atoms with E-state index in [2.05, 4.69) is 10.5 Å². The van der Waals surface area contributed by atoms with Crippen LogP contribution in [0.1, 0.15) is 37.0 Å². The third kappa shape index (κ3) is 3.61. The molecule has 1 aromatic heterocycles. The Bertz CT molecular complexity index is 795. The van der Waals surface area contributed by atoms with Gasteiger partial charge in [-0.2, -0.15) is 0 Å². The third-order valence-corrected chi connectivity index (χ3v) is 4.89. The maximum atomic E-state index is 13.3. The van der Waals surface area contributed by atoms with Gasteiger partial charge in [0.1, 0.15) is 11.6 Å². The Morgan fingerprint density at radius 1 is 1.27 bits per heavy atom. The van der Waals surface area contributed by atoms with Crippen molar-refractivity contribution in [2.75, 3.05) is 18.9 Å². The molecule has 0 radical (unpaired) electrons. The molecule has 6 nitrogen and oxygen atoms in total. The van der Waals surface area contributed by atoms with Crippen molar-refractivity contribution in [2.45, 2.75) is 38.0 Å². The summed E-state index contributed by atoms with van der Waals surface area (Å²) in [6.45, 7) is 1.64. The highest BCUT2D eigenvalue weighted by Crippen LogP contribution is 2.42. The molecule has 1 heterocycles. The summed E-state index contributed by atoms with van der Waals surface area (Å²) in [5, 5.41) is 6.32. The van der Waals surface area contributed by atoms with Crippen LogP contribution in [-0.4, -0.2) is 35.5 Å². The molecule has 2 amide bonds. The number of nitrogens with one attached hydrogen (secondary N) is 1. The topological polar surface area (TPSA) is 75.4 Å². The van der Waals surface area contributed by atoms with E-state index in [-0.39, 0.29) is 24.2 Å². The fraction of sp³-hybridized carbons (Fsp3) is 0.421. The number of carbonyl (C=O) groups excluding carboxylic acids is 2. The molecule has 0 spiro atoms. The van der Waals surface area contributed by atoms with E-state index in [4.69, 9.17) is 4.52 Å². The highest BCUT2D eigenvalue weighted by atomic mass is 19.1. The number of likely N-dealkylation sites (N-methyl/N-ethyl adjacent to an activating group) is 1. The summed E-state index contributed by atoms with van der Waals surface area (Å²) in [5.41, 5.74) is 0.119. The molecular formula is C19H22FN3O3. The Kier molecular flexibility index (Phi) is 5.06. The summed E-state index contributed by atoms with van der Waals surface area (Å²) >= 11 is 0. The summed E-state index contributed by atoms with van der Waals surface area (Å²) in [4.78, 5) is 26.8. The van der Waals surface area contributed by atoms with Gasteiger partial charge in [0, 0.05) is 13.1 Å². The van der Waals surface area contributed by atoms with Gasteiger partial charge >= 0.3 is 0 Å². The highest BCUT2D eigenvalue weighted by molar-refractivity contribution is 5.96. The average molecular weight is 359 g/mol. The molecular weight excluding hydrogens is 337 g/mol. The Balaban J connectivity index is 1.72. The minimum absolute atomic E-state index is 0.0896. The molecule has 0 saturated heterocycles. The third-order valence-electron chi connectivity index (χ3n) is 4.89. The lowest BCUT2D eigenvalue weighted by atomic mass is 9.77. The number of carbonyl (C=O) groups is 2. The van der Waals surface area contributed by atoms with Gasteiger partial charge in [0.2, 0.25) is 11.8 Å². The van der Waals surface area contributed by atoms with Crippen molar-refractivity contribution in [2.24, 2.45) is 0 Å². The Hall–Kier alpha value is -2.70. The fourth-order valence-electron chi connectivity index (χ4n) is 3.63. The maximum Gasteiger partial charge on any atom is 0.245 e. The van der Waals surface area contributed by atoms with Gasteiger partial charge in [-0.05, 0) is 37.5 Å². The van der Waals surface area contributed by atoms with Crippen LogP contribution < -0.4 is 5.32 Å². The molecule has 2 aromatic rings. The van der Waals surface area contributed by atoms with Crippen molar-refractivity contribution in [3.05, 3.63) is 47.5 Å². The van der Waals surface area contributed by atoms with Crippen LogP contribution in [0, 0.1) is 12.7 Å². The molecule has 26 heavy (non-hydrogen) atoms. The summed E-state index contributed by atoms with van der Waals surface area (Å²) < 4.78 is 18.2. The minimum atomic E-state index is -0.687. The predicted molar refractivity (Wildman–Crippen MR) is 94.1 cm³/mol. The second-order valence-electron chi connectivity index (χ2n) is 6.83. The molecule has 3 rings (SSSR count). The van der Waals surface area contributed by atoms with E-state index < -0.39 is 5.41 Å². The largest absolute Gasteiger partial charge is 0.360 e. The number of anilines is 1. The van der Waals surface area contributed by atoms with Crippen molar-refractivity contribution in [3.8, 4) is 0 Å². The van der Waals surface area contributed by atoms with E-state index in [0.717, 1.165) is 18.4 Å². The number of amides is 2. The minimum Gasteiger partial charge on any atom is -0.360 e. The van der Waals surface area contributed by atoms with Gasteiger partial charge in [0.15, 0.2) is 5.82 Å². The van der Waals surface area contributed by atoms with Crippen molar-refractivity contribution in [1.82, 2.24) is 10.1 Å². The first kappa shape index (κ1) is 18.1. The number of aryl methyl sites for hydroxylation is 1. The summed E-state index contributed by atoms with van der Waals surface area (Å²) in [7, 11) is 1.61. The van der Waals surface area contributed by atoms with Crippen LogP contribution in [-0.2, 0) is 15.0 Å². The number of halogens is 1. The summed E-state index contributed by atoms with van der Waals surface area (Å²) in [6.07, 6.45) is 3.26. The van der Waals surface area contributed by atoms with Gasteiger partial charge < -0.3 is 14.7 Å². The molecule has 0 bridgehead atoms. The van der Waals surface area contributed by atoms with Crippen LogP contribution in [0.25, 0.3) is 0 Å². The molecule has 0 aliphatic heterocycles. The predicted octanol–water partition coefficient (Wildman–Crippen LogP) is 3.03. The molecule has 1 N–H and O–H groups in total. The number of nitrogens with zero attached hydrogens (tertiary/aromatic N) is 2. The maximum absolute atomic E-state index is 13.3. The molecule has 138 valence electrons. The molecule has 1 fully saturated rings. The van der Waals surface area contributed by atoms with Gasteiger partial charge in [0.05, 0.1) is 12.0 Å². The quantitative estimate of drug-likeness (QED) is 0.890. The molecule has 7 heteroatoms. The zero-order valence-corrected chi connectivity index (χ0v) is 14.9. The van der Waals surface area contributed by atoms with Crippen LogP contribution in [0.2, 0.25) is 0 Å². The van der Waals surface area contributed by atoms with Crippen LogP contribution >= 0.6 is 0 Å². The lowest BCUT2D eigenvalue weighted by molar-refractivity contribution is -0.138. The highest BCUT2D eigenvalue weighted by Gasteiger charge is 2.44. The van der Waals surface area contributed by atoms with Crippen molar-refractivity contribution in [1.29, 1.82) is 0 Å². The number of aromatic nitrogens is 1. The van der Waals surface area contributed by atoms with Gasteiger partial charge in [0.25, 0.3) is 0 Å². The number of hydrogen-bond donors (Lipinski definition) is 1. The lowest BCUT2D eigenvalue weighted by Gasteiger charge is -2.32. The second kappa shape index (κ2) is 7.27. The van der Waals surface area contributed by atoms with E-state index >= 15 is 0 Å². The average Bonchev–Trinajstić information content (AvgIpc) is 3.24. The fourth-order valence-corrected chi connectivity index (χ4v) is 3.63. The van der Waals surface area contributed by atoms with Gasteiger partial charge in [-0.1, -0.05) is 30.1 Å². The lowest BCUT2D eigenvalue weighted by Crippen LogP contribution is -2.46. The Morgan fingerprint density at radius 3 is 2.50 bits per heavy atom. The van der Waals surface area contributed by atoms with Crippen LogP contribution in [0.3, 0.4) is 0 Å². The number of benzene rings is 1. The van der Waals surface area contributed by atoms with Gasteiger partial charge in [-0.3, -0.25) is 9.59 Å². The van der Waals surface area contributed by atoms with Crippen LogP contribution in [0.4, 0.5) is 10.2 Å². The first-order chi connectivity index (χ1) is 12.4. The molecule has 1 saturated carbocycles. The van der Waals surface area contributed by atoms with E-state index in [1.54, 1.807) is 32.2 Å². The standard InChI is InChI=1S/C19H22FN3O3/c1-13-11-16(22-26-13)21-17(24)12-23(2)18(25)19(9-3-4-10-19)14-5-7-15(20)8-6-14/h5-8,11H,3-4,9-10,12H2,1-2H3,(H,21,22,24). The zero-order valence-electron chi connectivity index (χ0n) is 14.9. The van der Waals surface area contributed by atoms with Crippen LogP contribution in [0.5, 0.6) is 0 Å². The molecule has 0 unspecified atom stereocenters. The van der Waals surface area contributed by atoms with E-state index in [0.29, 0.717) is 24.4 Å². The van der Waals surface area contributed by atoms with Crippen molar-refractivity contribution in [3.63, 3.8) is 0 Å². The van der Waals surface area contributed by atoms with Gasteiger partial charge in [-0.15, -0.1) is 0 Å². The van der Waals surface area contributed by atoms with Crippen molar-refractivity contribution < 1.29 is 18.5 Å². The van der Waals surface area contributed by atoms with Gasteiger partial charge in [-0.25, -0.2) is 4.39 Å². The summed E-state index contributed by atoms with van der Waals surface area (Å²) in [5.74, 6) is 0.118. The zero-order chi connectivity index (χ0) is 18.7. The van der Waals surface area contributed by atoms with Crippen molar-refractivity contribution >= 4 is 17.6 Å². The SMILES string of the molecule is Cc1cc(NC(=O)CN(C)C(=O)C2(c3ccc(F)cc3)CCCC2)no1. The molecule has 1 aliphatic carbocycles. The first-order valence-electron chi connectivity index (χ1n) is 8.65. The monoisotopic (exact) mass is 359 g/mol. The van der Waals surface area contributed by atoms with E-state index in [1.807, 2.05) is 0 Å². The molecule has 1 aliphatic rings.